The Morgan fingerprint density at radius 3 is 2.54 bits per heavy atom. The lowest BCUT2D eigenvalue weighted by molar-refractivity contribution is -0.192. The van der Waals surface area contributed by atoms with E-state index >= 15 is 0 Å². The van der Waals surface area contributed by atoms with E-state index in [4.69, 9.17) is 40.1 Å². The number of carbonyl (C=O) groups excluding carboxylic acids is 2. The maximum absolute atomic E-state index is 14.2. The third kappa shape index (κ3) is 8.47. The second kappa shape index (κ2) is 15.1. The van der Waals surface area contributed by atoms with Gasteiger partial charge < -0.3 is 39.4 Å². The van der Waals surface area contributed by atoms with Crippen LogP contribution < -0.4 is 15.4 Å². The van der Waals surface area contributed by atoms with Crippen LogP contribution in [-0.4, -0.2) is 76.5 Å². The van der Waals surface area contributed by atoms with Gasteiger partial charge in [0.2, 0.25) is 6.29 Å². The first-order chi connectivity index (χ1) is 23.7. The molecule has 6 rings (SSSR count). The van der Waals surface area contributed by atoms with Crippen molar-refractivity contribution in [3.8, 4) is 11.5 Å². The number of furan rings is 1. The van der Waals surface area contributed by atoms with E-state index in [2.05, 4.69) is 25.6 Å². The van der Waals surface area contributed by atoms with E-state index in [1.165, 1.54) is 24.5 Å². The van der Waals surface area contributed by atoms with E-state index in [1.54, 1.807) is 38.4 Å². The van der Waals surface area contributed by atoms with Crippen LogP contribution in [-0.2, 0) is 19.1 Å². The molecule has 2 atom stereocenters. The molecule has 0 bridgehead atoms. The second-order valence-corrected chi connectivity index (χ2v) is 11.3. The lowest BCUT2D eigenvalue weighted by Crippen LogP contribution is -2.38. The lowest BCUT2D eigenvalue weighted by Gasteiger charge is -2.29. The van der Waals surface area contributed by atoms with Crippen molar-refractivity contribution < 1.29 is 55.7 Å². The van der Waals surface area contributed by atoms with E-state index in [-0.39, 0.29) is 47.3 Å². The standard InChI is InChI=1S/C30H27ClFN5O6.C2HF3O2/c1-15-7-16-8-17(32)9-23(28(16)41-15)42-19-4-5-20(22(31)10-19)27(39)21-11-34-29-26(21)30(36-14-35-29)37-18-3-6-25(40-13-18)43-24(38)12-33-2;3-2(4,5)1(6)7/h4-5,7-11,14,18,25,33H,3,6,12-13H2,1-2H3,(H2,34,35,36,37);(H,6,7)/t18-,25+;/m1./s1. The van der Waals surface area contributed by atoms with Crippen molar-refractivity contribution in [3.63, 3.8) is 0 Å². The average Bonchev–Trinajstić information content (AvgIpc) is 3.65. The van der Waals surface area contributed by atoms with Crippen LogP contribution in [0.2, 0.25) is 5.02 Å². The van der Waals surface area contributed by atoms with Crippen LogP contribution >= 0.6 is 11.6 Å². The number of hydrogen-bond donors (Lipinski definition) is 4. The van der Waals surface area contributed by atoms with Crippen molar-refractivity contribution in [2.24, 2.45) is 0 Å². The maximum atomic E-state index is 14.2. The third-order valence-corrected chi connectivity index (χ3v) is 7.51. The van der Waals surface area contributed by atoms with Crippen LogP contribution in [0, 0.1) is 12.7 Å². The summed E-state index contributed by atoms with van der Waals surface area (Å²) >= 11 is 6.57. The minimum absolute atomic E-state index is 0.103. The number of carboxylic acid groups (broad SMARTS) is 1. The largest absolute Gasteiger partial charge is 0.490 e. The van der Waals surface area contributed by atoms with Gasteiger partial charge in [-0.2, -0.15) is 13.2 Å². The molecule has 0 saturated carbocycles. The number of esters is 1. The number of aryl methyl sites for hydroxylation is 1. The molecule has 1 fully saturated rings. The fourth-order valence-electron chi connectivity index (χ4n) is 5.02. The Morgan fingerprint density at radius 1 is 1.12 bits per heavy atom. The lowest BCUT2D eigenvalue weighted by atomic mass is 10.0. The van der Waals surface area contributed by atoms with E-state index < -0.39 is 24.3 Å². The number of nitrogens with zero attached hydrogens (tertiary/aromatic N) is 2. The number of aromatic nitrogens is 3. The Bertz CT molecular complexity index is 2040. The van der Waals surface area contributed by atoms with Crippen molar-refractivity contribution in [3.05, 3.63) is 76.6 Å². The van der Waals surface area contributed by atoms with Crippen LogP contribution in [0.5, 0.6) is 11.5 Å². The van der Waals surface area contributed by atoms with Gasteiger partial charge in [0.25, 0.3) is 0 Å². The van der Waals surface area contributed by atoms with Crippen molar-refractivity contribution in [2.75, 3.05) is 25.5 Å². The van der Waals surface area contributed by atoms with Gasteiger partial charge in [-0.1, -0.05) is 11.6 Å². The Labute approximate surface area is 284 Å². The van der Waals surface area contributed by atoms with Gasteiger partial charge in [0, 0.05) is 35.7 Å². The van der Waals surface area contributed by atoms with Crippen LogP contribution in [0.25, 0.3) is 22.0 Å². The number of aliphatic carboxylic acids is 1. The first-order valence-electron chi connectivity index (χ1n) is 14.8. The summed E-state index contributed by atoms with van der Waals surface area (Å²) in [4.78, 5) is 46.0. The van der Waals surface area contributed by atoms with Gasteiger partial charge in [-0.15, -0.1) is 0 Å². The highest BCUT2D eigenvalue weighted by molar-refractivity contribution is 6.35. The van der Waals surface area contributed by atoms with E-state index in [0.29, 0.717) is 57.7 Å². The number of rotatable bonds is 9. The summed E-state index contributed by atoms with van der Waals surface area (Å²) in [6, 6.07) is 8.79. The number of carbonyl (C=O) groups is 3. The maximum Gasteiger partial charge on any atom is 0.490 e. The molecule has 4 N–H and O–H groups in total. The first-order valence-corrected chi connectivity index (χ1v) is 15.2. The molecule has 50 heavy (non-hydrogen) atoms. The van der Waals surface area contributed by atoms with Gasteiger partial charge in [-0.05, 0) is 44.7 Å². The highest BCUT2D eigenvalue weighted by Gasteiger charge is 2.38. The molecule has 0 amide bonds. The van der Waals surface area contributed by atoms with Gasteiger partial charge in [0.05, 0.1) is 35.2 Å². The van der Waals surface area contributed by atoms with Gasteiger partial charge >= 0.3 is 18.1 Å². The SMILES string of the molecule is CNCC(=O)O[C@H]1CC[C@@H](Nc2ncnc3[nH]cc(C(=O)c4ccc(Oc5cc(F)cc6cc(C)oc56)cc4Cl)c23)CO1.O=C(O)C(F)(F)F. The number of likely N-dealkylation sites (N-methyl/N-ethyl adjacent to an activating group) is 1. The summed E-state index contributed by atoms with van der Waals surface area (Å²) in [7, 11) is 1.66. The molecule has 4 heterocycles. The van der Waals surface area contributed by atoms with Crippen LogP contribution in [0.15, 0.2) is 53.3 Å². The number of halogens is 5. The smallest absolute Gasteiger partial charge is 0.475 e. The molecule has 18 heteroatoms. The van der Waals surface area contributed by atoms with Crippen molar-refractivity contribution in [1.29, 1.82) is 0 Å². The normalized spacial score (nSPS) is 16.1. The monoisotopic (exact) mass is 721 g/mol. The van der Waals surface area contributed by atoms with Crippen LogP contribution in [0.3, 0.4) is 0 Å². The Hall–Kier alpha value is -5.26. The first kappa shape index (κ1) is 36.0. The number of H-pyrrole nitrogens is 1. The Kier molecular flexibility index (Phi) is 10.9. The van der Waals surface area contributed by atoms with Gasteiger partial charge in [0.1, 0.15) is 35.1 Å². The molecular weight excluding hydrogens is 694 g/mol. The average molecular weight is 722 g/mol. The number of benzene rings is 2. The molecule has 5 aromatic rings. The summed E-state index contributed by atoms with van der Waals surface area (Å²) < 4.78 is 68.5. The molecule has 0 spiro atoms. The molecule has 0 unspecified atom stereocenters. The number of ketones is 1. The van der Waals surface area contributed by atoms with Crippen molar-refractivity contribution in [1.82, 2.24) is 20.3 Å². The molecule has 13 nitrogen and oxygen atoms in total. The summed E-state index contributed by atoms with van der Waals surface area (Å²) in [6.07, 6.45) is -1.59. The molecule has 2 aromatic carbocycles. The molecule has 1 aliphatic rings. The fourth-order valence-corrected chi connectivity index (χ4v) is 5.27. The highest BCUT2D eigenvalue weighted by Crippen LogP contribution is 2.36. The van der Waals surface area contributed by atoms with Gasteiger partial charge in [-0.25, -0.2) is 19.2 Å². The number of alkyl halides is 3. The zero-order valence-electron chi connectivity index (χ0n) is 26.2. The topological polar surface area (TPSA) is 178 Å². The number of ether oxygens (including phenoxy) is 3. The fraction of sp³-hybridized carbons (Fsp3) is 0.281. The predicted molar refractivity (Wildman–Crippen MR) is 170 cm³/mol. The van der Waals surface area contributed by atoms with E-state index in [0.717, 1.165) is 0 Å². The number of aromatic amines is 1. The Balaban J connectivity index is 0.000000630. The zero-order chi connectivity index (χ0) is 36.2. The summed E-state index contributed by atoms with van der Waals surface area (Å²) in [5.41, 5.74) is 1.43. The molecule has 1 aliphatic heterocycles. The van der Waals surface area contributed by atoms with E-state index in [1.807, 2.05) is 0 Å². The van der Waals surface area contributed by atoms with Crippen LogP contribution in [0.1, 0.15) is 34.5 Å². The number of fused-ring (bicyclic) bond motifs is 2. The zero-order valence-corrected chi connectivity index (χ0v) is 26.9. The number of anilines is 1. The molecular formula is C32H28ClF4N5O8. The molecule has 264 valence electrons. The van der Waals surface area contributed by atoms with Gasteiger partial charge in [0.15, 0.2) is 17.1 Å². The predicted octanol–water partition coefficient (Wildman–Crippen LogP) is 6.14. The molecule has 1 saturated heterocycles. The summed E-state index contributed by atoms with van der Waals surface area (Å²) in [6.45, 7) is 2.14. The second-order valence-electron chi connectivity index (χ2n) is 10.9. The van der Waals surface area contributed by atoms with Crippen LogP contribution in [0.4, 0.5) is 23.4 Å². The molecule has 3 aromatic heterocycles. The summed E-state index contributed by atoms with van der Waals surface area (Å²) in [5, 5.41) is 14.4. The van der Waals surface area contributed by atoms with E-state index in [9.17, 15) is 27.2 Å². The molecule has 0 radical (unpaired) electrons. The minimum atomic E-state index is -5.08. The number of hydrogen-bond acceptors (Lipinski definition) is 11. The van der Waals surface area contributed by atoms with Crippen molar-refractivity contribution in [2.45, 2.75) is 38.3 Å². The third-order valence-electron chi connectivity index (χ3n) is 7.20. The Morgan fingerprint density at radius 2 is 1.88 bits per heavy atom. The number of nitrogens with one attached hydrogen (secondary N) is 3. The highest BCUT2D eigenvalue weighted by atomic mass is 35.5. The number of carboxylic acids is 1. The quantitative estimate of drug-likeness (QED) is 0.0778. The minimum Gasteiger partial charge on any atom is -0.475 e. The molecule has 0 aliphatic carbocycles. The van der Waals surface area contributed by atoms with Gasteiger partial charge in [-0.3, -0.25) is 9.59 Å². The summed E-state index contributed by atoms with van der Waals surface area (Å²) in [5.74, 6) is -2.40. The van der Waals surface area contributed by atoms with Crippen molar-refractivity contribution >= 4 is 57.1 Å².